The van der Waals surface area contributed by atoms with Crippen molar-refractivity contribution in [2.24, 2.45) is 0 Å². The van der Waals surface area contributed by atoms with E-state index in [9.17, 15) is 30.7 Å². The van der Waals surface area contributed by atoms with Crippen molar-refractivity contribution in [3.05, 3.63) is 36.0 Å². The van der Waals surface area contributed by atoms with Gasteiger partial charge in [-0.15, -0.1) is 7.92 Å². The van der Waals surface area contributed by atoms with Gasteiger partial charge in [-0.2, -0.15) is 13.2 Å². The zero-order valence-electron chi connectivity index (χ0n) is 15.4. The van der Waals surface area contributed by atoms with Gasteiger partial charge in [-0.3, -0.25) is 0 Å². The molecule has 25 heavy (non-hydrogen) atoms. The number of hydrogen-bond donors (Lipinski definition) is 0. The van der Waals surface area contributed by atoms with Crippen molar-refractivity contribution in [2.75, 3.05) is 20.0 Å². The molecule has 0 unspecified atom stereocenters. The monoisotopic (exact) mass is 483 g/mol. The van der Waals surface area contributed by atoms with Crippen molar-refractivity contribution < 1.29 is 50.2 Å². The van der Waals surface area contributed by atoms with Crippen molar-refractivity contribution in [1.82, 2.24) is 0 Å². The van der Waals surface area contributed by atoms with E-state index in [1.165, 1.54) is 29.6 Å². The van der Waals surface area contributed by atoms with Gasteiger partial charge in [0.1, 0.15) is 0 Å². The zero-order valence-corrected chi connectivity index (χ0v) is 18.0. The predicted molar refractivity (Wildman–Crippen MR) is 85.7 cm³/mol. The minimum atomic E-state index is -6.20. The third-order valence-corrected chi connectivity index (χ3v) is 3.41. The molecule has 0 amide bonds. The maximum absolute atomic E-state index is 11.1. The van der Waals surface area contributed by atoms with Crippen LogP contribution in [0.4, 0.5) is 30.7 Å². The normalized spacial score (nSPS) is 18.6. The molecule has 0 aromatic rings. The molecule has 150 valence electrons. The second kappa shape index (κ2) is 12.1. The summed E-state index contributed by atoms with van der Waals surface area (Å²) in [5, 5.41) is 0. The third-order valence-electron chi connectivity index (χ3n) is 3.41. The molecule has 0 aliphatic heterocycles. The molecule has 0 aromatic carbocycles. The minimum Gasteiger partial charge on any atom is -0.415 e. The van der Waals surface area contributed by atoms with Crippen LogP contribution in [-0.2, 0) is 19.5 Å². The van der Waals surface area contributed by atoms with Crippen LogP contribution in [0.2, 0.25) is 0 Å². The summed E-state index contributed by atoms with van der Waals surface area (Å²) < 4.78 is 76.3. The molecule has 0 atom stereocenters. The van der Waals surface area contributed by atoms with Crippen LogP contribution >= 0.6 is 7.92 Å². The SMILES string of the molecule is CP(C)C.C[C]1[C](C)[C](C)[C](C)[C]1C.F[C-](F)C(F)(F)C(F)(F)F.[Rh+2]. The van der Waals surface area contributed by atoms with E-state index < -0.39 is 18.5 Å². The maximum atomic E-state index is 11.1. The fraction of sp³-hybridized carbons (Fsp3) is 0.625. The fourth-order valence-corrected chi connectivity index (χ4v) is 1.51. The van der Waals surface area contributed by atoms with E-state index in [0.29, 0.717) is 7.92 Å². The van der Waals surface area contributed by atoms with Gasteiger partial charge < -0.3 is 8.78 Å². The second-order valence-corrected chi connectivity index (χ2v) is 8.48. The first kappa shape index (κ1) is 30.3. The molecule has 1 fully saturated rings. The molecule has 0 bridgehead atoms. The molecule has 9 heteroatoms. The molecule has 1 aliphatic rings. The van der Waals surface area contributed by atoms with Gasteiger partial charge in [0.05, 0.1) is 6.43 Å². The summed E-state index contributed by atoms with van der Waals surface area (Å²) in [5.74, 6) is 1.36. The van der Waals surface area contributed by atoms with E-state index in [1.54, 1.807) is 0 Å². The minimum absolute atomic E-state index is 0. The number of halogens is 7. The molecule has 1 rings (SSSR count). The largest absolute Gasteiger partial charge is 2.00 e. The Morgan fingerprint density at radius 1 is 0.640 bits per heavy atom. The summed E-state index contributed by atoms with van der Waals surface area (Å²) in [4.78, 5) is 0. The van der Waals surface area contributed by atoms with Crippen LogP contribution in [0.15, 0.2) is 0 Å². The Morgan fingerprint density at radius 2 is 0.800 bits per heavy atom. The predicted octanol–water partition coefficient (Wildman–Crippen LogP) is 6.94. The van der Waals surface area contributed by atoms with E-state index in [4.69, 9.17) is 0 Å². The van der Waals surface area contributed by atoms with Gasteiger partial charge in [0.2, 0.25) is 0 Å². The fourth-order valence-electron chi connectivity index (χ4n) is 1.51. The summed E-state index contributed by atoms with van der Waals surface area (Å²) in [5.41, 5.74) is 0. The van der Waals surface area contributed by atoms with Crippen molar-refractivity contribution in [2.45, 2.75) is 46.7 Å². The van der Waals surface area contributed by atoms with E-state index in [1.807, 2.05) is 0 Å². The molecule has 1 aliphatic carbocycles. The van der Waals surface area contributed by atoms with Gasteiger partial charge in [-0.05, 0) is 49.6 Å². The Hall–Kier alpha value is 0.563. The summed E-state index contributed by atoms with van der Waals surface area (Å²) in [7, 11) is 0.380. The summed E-state index contributed by atoms with van der Waals surface area (Å²) in [6, 6.07) is 0. The van der Waals surface area contributed by atoms with Crippen LogP contribution in [0, 0.1) is 36.0 Å². The van der Waals surface area contributed by atoms with E-state index >= 15 is 0 Å². The topological polar surface area (TPSA) is 0 Å². The van der Waals surface area contributed by atoms with Gasteiger partial charge in [0, 0.05) is 0 Å². The van der Waals surface area contributed by atoms with Gasteiger partial charge >= 0.3 is 25.7 Å². The number of hydrogen-bond acceptors (Lipinski definition) is 0. The first-order chi connectivity index (χ1) is 10.5. The molecular formula is C16H24F7PRh+. The van der Waals surface area contributed by atoms with E-state index in [2.05, 4.69) is 54.6 Å². The van der Waals surface area contributed by atoms with Crippen molar-refractivity contribution in [3.63, 3.8) is 0 Å². The Kier molecular flexibility index (Phi) is 14.7. The quantitative estimate of drug-likeness (QED) is 0.164. The van der Waals surface area contributed by atoms with Crippen molar-refractivity contribution >= 4 is 7.92 Å². The average Bonchev–Trinajstić information content (AvgIpc) is 2.56. The molecule has 1 saturated carbocycles. The van der Waals surface area contributed by atoms with Crippen LogP contribution in [0.1, 0.15) is 34.6 Å². The Labute approximate surface area is 161 Å². The Morgan fingerprint density at radius 3 is 0.840 bits per heavy atom. The average molecular weight is 483 g/mol. The molecule has 0 aromatic heterocycles. The first-order valence-corrected chi connectivity index (χ1v) is 9.60. The first-order valence-electron chi connectivity index (χ1n) is 6.91. The third kappa shape index (κ3) is 9.89. The smallest absolute Gasteiger partial charge is 0.415 e. The van der Waals surface area contributed by atoms with E-state index in [-0.39, 0.29) is 19.5 Å². The van der Waals surface area contributed by atoms with E-state index in [0.717, 1.165) is 0 Å². The van der Waals surface area contributed by atoms with Crippen LogP contribution in [0.5, 0.6) is 0 Å². The standard InChI is InChI=1S/C10H15.C3F7.C3H9P.Rh/c1-6-7(2)9(4)10(5)8(6)3;4-1(5)2(6,7)3(8,9)10;1-4(2)3;/h1-5H3;;1-3H3;/q;-1;;+2. The second-order valence-electron chi connectivity index (χ2n) is 5.80. The maximum Gasteiger partial charge on any atom is 2.00 e. The Balaban J connectivity index is -0.000000310. The summed E-state index contributed by atoms with van der Waals surface area (Å²) >= 11 is 0. The molecule has 0 nitrogen and oxygen atoms in total. The van der Waals surface area contributed by atoms with Gasteiger partial charge in [-0.1, -0.05) is 34.6 Å². The number of rotatable bonds is 1. The van der Waals surface area contributed by atoms with Crippen LogP contribution < -0.4 is 0 Å². The van der Waals surface area contributed by atoms with Crippen molar-refractivity contribution in [1.29, 1.82) is 0 Å². The number of alkyl halides is 5. The van der Waals surface area contributed by atoms with Gasteiger partial charge in [0.25, 0.3) is 5.92 Å². The van der Waals surface area contributed by atoms with Gasteiger partial charge in [-0.25, -0.2) is 8.78 Å². The molecule has 0 N–H and O–H groups in total. The van der Waals surface area contributed by atoms with Crippen LogP contribution in [-0.4, -0.2) is 32.1 Å². The zero-order chi connectivity index (χ0) is 20.0. The van der Waals surface area contributed by atoms with Gasteiger partial charge in [0.15, 0.2) is 0 Å². The molecule has 6 radical (unpaired) electrons. The summed E-state index contributed by atoms with van der Waals surface area (Å²) in [6.07, 6.45) is -10.1. The molecule has 0 spiro atoms. The molecule has 0 saturated heterocycles. The summed E-state index contributed by atoms with van der Waals surface area (Å²) in [6.45, 7) is 17.7. The van der Waals surface area contributed by atoms with Crippen molar-refractivity contribution in [3.8, 4) is 0 Å². The Bertz CT molecular complexity index is 300. The van der Waals surface area contributed by atoms with Crippen LogP contribution in [0.25, 0.3) is 0 Å². The molecular weight excluding hydrogens is 459 g/mol. The molecule has 0 heterocycles. The van der Waals surface area contributed by atoms with Crippen LogP contribution in [0.3, 0.4) is 0 Å².